The Labute approximate surface area is 98.1 Å². The van der Waals surface area contributed by atoms with Crippen molar-refractivity contribution in [3.05, 3.63) is 40.1 Å². The van der Waals surface area contributed by atoms with Crippen molar-refractivity contribution in [3.63, 3.8) is 0 Å². The highest BCUT2D eigenvalue weighted by Crippen LogP contribution is 2.27. The van der Waals surface area contributed by atoms with E-state index in [0.29, 0.717) is 11.4 Å². The molecular formula is C12H14N4O. The number of hydrogen-bond acceptors (Lipinski definition) is 3. The van der Waals surface area contributed by atoms with Crippen molar-refractivity contribution in [2.24, 2.45) is 5.73 Å². The molecule has 1 aliphatic carbocycles. The van der Waals surface area contributed by atoms with Gasteiger partial charge in [-0.25, -0.2) is 4.98 Å². The quantitative estimate of drug-likeness (QED) is 0.685. The van der Waals surface area contributed by atoms with Crippen LogP contribution in [0.3, 0.4) is 0 Å². The van der Waals surface area contributed by atoms with Gasteiger partial charge >= 0.3 is 0 Å². The molecule has 0 amide bonds. The first-order valence-electron chi connectivity index (χ1n) is 5.77. The van der Waals surface area contributed by atoms with E-state index in [0.717, 1.165) is 30.7 Å². The predicted molar refractivity (Wildman–Crippen MR) is 64.5 cm³/mol. The van der Waals surface area contributed by atoms with Crippen molar-refractivity contribution in [2.75, 3.05) is 0 Å². The summed E-state index contributed by atoms with van der Waals surface area (Å²) in [7, 11) is 0. The lowest BCUT2D eigenvalue weighted by Crippen LogP contribution is -2.17. The van der Waals surface area contributed by atoms with E-state index < -0.39 is 0 Å². The Kier molecular flexibility index (Phi) is 2.33. The van der Waals surface area contributed by atoms with Crippen LogP contribution in [0.5, 0.6) is 0 Å². The van der Waals surface area contributed by atoms with Gasteiger partial charge < -0.3 is 15.7 Å². The number of nitrogens with zero attached hydrogens (tertiary/aromatic N) is 1. The molecule has 3 rings (SSSR count). The van der Waals surface area contributed by atoms with E-state index >= 15 is 0 Å². The lowest BCUT2D eigenvalue weighted by Gasteiger charge is -2.15. The topological polar surface area (TPSA) is 87.6 Å². The Morgan fingerprint density at radius 2 is 2.35 bits per heavy atom. The molecule has 17 heavy (non-hydrogen) atoms. The number of imidazole rings is 1. The van der Waals surface area contributed by atoms with Crippen LogP contribution in [0.1, 0.15) is 30.3 Å². The smallest absolute Gasteiger partial charge is 0.192 e. The lowest BCUT2D eigenvalue weighted by molar-refractivity contribution is 0.555. The number of pyridine rings is 1. The normalized spacial score (nSPS) is 19.0. The van der Waals surface area contributed by atoms with Gasteiger partial charge in [0.1, 0.15) is 5.82 Å². The third kappa shape index (κ3) is 1.68. The van der Waals surface area contributed by atoms with Gasteiger partial charge in [-0.05, 0) is 19.3 Å². The number of fused-ring (bicyclic) bond motifs is 1. The number of hydrogen-bond donors (Lipinski definition) is 3. The van der Waals surface area contributed by atoms with E-state index in [2.05, 4.69) is 15.0 Å². The van der Waals surface area contributed by atoms with E-state index in [1.165, 1.54) is 6.07 Å². The Hall–Kier alpha value is -1.88. The van der Waals surface area contributed by atoms with Gasteiger partial charge in [0.15, 0.2) is 5.43 Å². The van der Waals surface area contributed by atoms with E-state index in [1.54, 1.807) is 12.4 Å². The van der Waals surface area contributed by atoms with Gasteiger partial charge in [-0.15, -0.1) is 0 Å². The second-order valence-electron chi connectivity index (χ2n) is 4.37. The van der Waals surface area contributed by atoms with Crippen molar-refractivity contribution >= 4 is 0 Å². The average Bonchev–Trinajstić information content (AvgIpc) is 2.75. The monoisotopic (exact) mass is 230 g/mol. The molecule has 0 spiro atoms. The van der Waals surface area contributed by atoms with Crippen LogP contribution in [0.25, 0.3) is 11.4 Å². The minimum absolute atomic E-state index is 0.00783. The van der Waals surface area contributed by atoms with E-state index in [9.17, 15) is 4.79 Å². The molecule has 1 unspecified atom stereocenters. The van der Waals surface area contributed by atoms with Crippen LogP contribution in [0, 0.1) is 0 Å². The number of aromatic nitrogens is 3. The molecule has 1 atom stereocenters. The first-order valence-corrected chi connectivity index (χ1v) is 5.77. The van der Waals surface area contributed by atoms with Crippen molar-refractivity contribution in [2.45, 2.75) is 25.3 Å². The zero-order valence-electron chi connectivity index (χ0n) is 9.36. The summed E-state index contributed by atoms with van der Waals surface area (Å²) < 4.78 is 0. The van der Waals surface area contributed by atoms with Gasteiger partial charge in [0, 0.05) is 30.2 Å². The van der Waals surface area contributed by atoms with Crippen molar-refractivity contribution < 1.29 is 0 Å². The summed E-state index contributed by atoms with van der Waals surface area (Å²) in [6.07, 6.45) is 6.27. The third-order valence-electron chi connectivity index (χ3n) is 3.18. The highest BCUT2D eigenvalue weighted by Gasteiger charge is 2.22. The number of aryl methyl sites for hydroxylation is 1. The lowest BCUT2D eigenvalue weighted by atomic mass is 9.97. The number of aromatic amines is 2. The van der Waals surface area contributed by atoms with E-state index in [1.807, 2.05) is 0 Å². The van der Waals surface area contributed by atoms with Crippen LogP contribution in [-0.2, 0) is 6.42 Å². The number of nitrogens with one attached hydrogen (secondary N) is 2. The first-order chi connectivity index (χ1) is 8.25. The summed E-state index contributed by atoms with van der Waals surface area (Å²) in [4.78, 5) is 22.3. The molecule has 1 aliphatic rings. The summed E-state index contributed by atoms with van der Waals surface area (Å²) in [6.45, 7) is 0. The highest BCUT2D eigenvalue weighted by atomic mass is 16.1. The van der Waals surface area contributed by atoms with E-state index in [-0.39, 0.29) is 11.5 Å². The van der Waals surface area contributed by atoms with Gasteiger partial charge in [-0.1, -0.05) is 0 Å². The molecule has 0 saturated heterocycles. The SMILES string of the molecule is NC1CCCc2[nH]c(-c3c[nH]ccc3=O)nc21. The molecule has 0 bridgehead atoms. The zero-order chi connectivity index (χ0) is 11.8. The van der Waals surface area contributed by atoms with Crippen molar-refractivity contribution in [3.8, 4) is 11.4 Å². The summed E-state index contributed by atoms with van der Waals surface area (Å²) in [5, 5.41) is 0. The Morgan fingerprint density at radius 1 is 1.47 bits per heavy atom. The summed E-state index contributed by atoms with van der Waals surface area (Å²) in [5.41, 5.74) is 8.52. The zero-order valence-corrected chi connectivity index (χ0v) is 9.36. The fourth-order valence-corrected chi connectivity index (χ4v) is 2.28. The van der Waals surface area contributed by atoms with Gasteiger partial charge in [0.25, 0.3) is 0 Å². The Bertz CT molecular complexity index is 599. The molecule has 5 nitrogen and oxygen atoms in total. The van der Waals surface area contributed by atoms with Gasteiger partial charge in [0.2, 0.25) is 0 Å². The maximum absolute atomic E-state index is 11.7. The maximum atomic E-state index is 11.7. The van der Waals surface area contributed by atoms with Crippen LogP contribution < -0.4 is 11.2 Å². The molecule has 2 heterocycles. The predicted octanol–water partition coefficient (Wildman–Crippen LogP) is 1.10. The molecule has 4 N–H and O–H groups in total. The average molecular weight is 230 g/mol. The number of H-pyrrole nitrogens is 2. The third-order valence-corrected chi connectivity index (χ3v) is 3.18. The van der Waals surface area contributed by atoms with Crippen LogP contribution in [0.15, 0.2) is 23.3 Å². The molecule has 0 radical (unpaired) electrons. The molecule has 2 aromatic heterocycles. The number of rotatable bonds is 1. The fraction of sp³-hybridized carbons (Fsp3) is 0.333. The van der Waals surface area contributed by atoms with Gasteiger partial charge in [-0.2, -0.15) is 0 Å². The second kappa shape index (κ2) is 3.85. The van der Waals surface area contributed by atoms with E-state index in [4.69, 9.17) is 5.73 Å². The van der Waals surface area contributed by atoms with Gasteiger partial charge in [-0.3, -0.25) is 4.79 Å². The van der Waals surface area contributed by atoms with Crippen LogP contribution in [0.2, 0.25) is 0 Å². The molecule has 0 aliphatic heterocycles. The van der Waals surface area contributed by atoms with Crippen molar-refractivity contribution in [1.29, 1.82) is 0 Å². The molecule has 0 fully saturated rings. The Morgan fingerprint density at radius 3 is 3.12 bits per heavy atom. The highest BCUT2D eigenvalue weighted by molar-refractivity contribution is 5.54. The largest absolute Gasteiger partial charge is 0.367 e. The molecule has 2 aromatic rings. The van der Waals surface area contributed by atoms with Crippen LogP contribution >= 0.6 is 0 Å². The van der Waals surface area contributed by atoms with Crippen molar-refractivity contribution in [1.82, 2.24) is 15.0 Å². The van der Waals surface area contributed by atoms with Gasteiger partial charge in [0.05, 0.1) is 11.3 Å². The minimum Gasteiger partial charge on any atom is -0.367 e. The number of nitrogens with two attached hydrogens (primary N) is 1. The standard InChI is InChI=1S/C12H14N4O/c13-8-2-1-3-9-11(8)16-12(15-9)7-6-14-5-4-10(7)17/h4-6,8H,1-3,13H2,(H,14,17)(H,15,16). The first kappa shape index (κ1) is 10.3. The molecule has 0 aromatic carbocycles. The van der Waals surface area contributed by atoms with Crippen LogP contribution in [-0.4, -0.2) is 15.0 Å². The summed E-state index contributed by atoms with van der Waals surface area (Å²) in [6, 6.07) is 1.49. The second-order valence-corrected chi connectivity index (χ2v) is 4.37. The molecule has 0 saturated carbocycles. The Balaban J connectivity index is 2.12. The molecule has 5 heteroatoms. The maximum Gasteiger partial charge on any atom is 0.192 e. The molecule has 88 valence electrons. The van der Waals surface area contributed by atoms with Crippen LogP contribution in [0.4, 0.5) is 0 Å². The summed E-state index contributed by atoms with van der Waals surface area (Å²) >= 11 is 0. The molecular weight excluding hydrogens is 216 g/mol. The fourth-order valence-electron chi connectivity index (χ4n) is 2.28. The summed E-state index contributed by atoms with van der Waals surface area (Å²) in [5.74, 6) is 0.620. The minimum atomic E-state index is -0.0385.